The van der Waals surface area contributed by atoms with E-state index in [1.807, 2.05) is 0 Å². The molecule has 0 amide bonds. The van der Waals surface area contributed by atoms with Gasteiger partial charge in [0.15, 0.2) is 11.9 Å². The van der Waals surface area contributed by atoms with Crippen LogP contribution in [-0.2, 0) is 14.3 Å². The zero-order valence-electron chi connectivity index (χ0n) is 5.50. The van der Waals surface area contributed by atoms with Crippen LogP contribution in [0.15, 0.2) is 0 Å². The number of Topliss-reactive ketones (excluding diaryl/α,β-unsaturated/α-hetero) is 1. The molecule has 1 aliphatic carbocycles. The minimum absolute atomic E-state index is 0.107. The van der Waals surface area contributed by atoms with Crippen molar-refractivity contribution in [2.45, 2.75) is 25.4 Å². The lowest BCUT2D eigenvalue weighted by atomic mass is 9.83. The third-order valence-corrected chi connectivity index (χ3v) is 2.18. The summed E-state index contributed by atoms with van der Waals surface area (Å²) in [7, 11) is 0. The molecule has 2 saturated heterocycles. The number of rotatable bonds is 0. The first-order valence-corrected chi connectivity index (χ1v) is 3.50. The Labute approximate surface area is 58.4 Å². The van der Waals surface area contributed by atoms with Crippen LogP contribution in [0.5, 0.6) is 0 Å². The Hall–Kier alpha value is -0.860. The second kappa shape index (κ2) is 1.81. The summed E-state index contributed by atoms with van der Waals surface area (Å²) < 4.78 is 4.81. The molecule has 0 N–H and O–H groups in total. The third kappa shape index (κ3) is 0.664. The molecule has 1 saturated carbocycles. The SMILES string of the molecule is O=C1OC2CCC1CC2=O. The van der Waals surface area contributed by atoms with Crippen molar-refractivity contribution >= 4 is 11.8 Å². The van der Waals surface area contributed by atoms with Gasteiger partial charge in [-0.2, -0.15) is 0 Å². The van der Waals surface area contributed by atoms with Crippen LogP contribution >= 0.6 is 0 Å². The van der Waals surface area contributed by atoms with Gasteiger partial charge in [-0.15, -0.1) is 0 Å². The highest BCUT2D eigenvalue weighted by Crippen LogP contribution is 2.30. The molecule has 0 spiro atoms. The maximum atomic E-state index is 10.9. The largest absolute Gasteiger partial charge is 0.454 e. The van der Waals surface area contributed by atoms with Crippen LogP contribution in [0.2, 0.25) is 0 Å². The molecule has 2 atom stereocenters. The topological polar surface area (TPSA) is 43.4 Å². The van der Waals surface area contributed by atoms with E-state index >= 15 is 0 Å². The highest BCUT2D eigenvalue weighted by molar-refractivity contribution is 5.93. The molecule has 54 valence electrons. The monoisotopic (exact) mass is 140 g/mol. The molecule has 2 unspecified atom stereocenters. The average Bonchev–Trinajstić information content (AvgIpc) is 1.91. The van der Waals surface area contributed by atoms with Crippen LogP contribution in [-0.4, -0.2) is 17.9 Å². The Morgan fingerprint density at radius 2 is 2.10 bits per heavy atom. The third-order valence-electron chi connectivity index (χ3n) is 2.18. The number of carbonyl (C=O) groups is 2. The maximum absolute atomic E-state index is 10.9. The smallest absolute Gasteiger partial charge is 0.310 e. The van der Waals surface area contributed by atoms with Crippen molar-refractivity contribution in [2.75, 3.05) is 0 Å². The van der Waals surface area contributed by atoms with Crippen molar-refractivity contribution in [1.82, 2.24) is 0 Å². The van der Waals surface area contributed by atoms with E-state index in [0.717, 1.165) is 12.8 Å². The predicted molar refractivity (Wildman–Crippen MR) is 32.2 cm³/mol. The molecular weight excluding hydrogens is 132 g/mol. The number of carbonyl (C=O) groups excluding carboxylic acids is 2. The molecule has 3 rings (SSSR count). The minimum atomic E-state index is -0.391. The van der Waals surface area contributed by atoms with E-state index in [1.165, 1.54) is 0 Å². The number of hydrogen-bond acceptors (Lipinski definition) is 3. The Morgan fingerprint density at radius 1 is 1.30 bits per heavy atom. The Bertz CT molecular complexity index is 175. The number of fused-ring (bicyclic) bond motifs is 3. The molecule has 0 radical (unpaired) electrons. The van der Waals surface area contributed by atoms with Gasteiger partial charge in [0.2, 0.25) is 0 Å². The summed E-state index contributed by atoms with van der Waals surface area (Å²) in [5, 5.41) is 0. The van der Waals surface area contributed by atoms with Gasteiger partial charge in [-0.25, -0.2) is 0 Å². The molecule has 0 aromatic rings. The summed E-state index contributed by atoms with van der Waals surface area (Å²) in [6.07, 6.45) is 1.62. The molecule has 10 heavy (non-hydrogen) atoms. The van der Waals surface area contributed by atoms with Gasteiger partial charge in [0, 0.05) is 6.42 Å². The minimum Gasteiger partial charge on any atom is -0.454 e. The van der Waals surface area contributed by atoms with Crippen LogP contribution < -0.4 is 0 Å². The van der Waals surface area contributed by atoms with Crippen LogP contribution in [0, 0.1) is 5.92 Å². The van der Waals surface area contributed by atoms with Gasteiger partial charge in [0.25, 0.3) is 0 Å². The Morgan fingerprint density at radius 3 is 2.40 bits per heavy atom. The van der Waals surface area contributed by atoms with E-state index in [9.17, 15) is 9.59 Å². The lowest BCUT2D eigenvalue weighted by Crippen LogP contribution is -2.44. The maximum Gasteiger partial charge on any atom is 0.310 e. The van der Waals surface area contributed by atoms with Crippen molar-refractivity contribution in [3.63, 3.8) is 0 Å². The molecule has 2 heterocycles. The van der Waals surface area contributed by atoms with E-state index < -0.39 is 6.10 Å². The Kier molecular flexibility index (Phi) is 1.07. The summed E-state index contributed by atoms with van der Waals surface area (Å²) in [4.78, 5) is 21.8. The second-order valence-electron chi connectivity index (χ2n) is 2.87. The van der Waals surface area contributed by atoms with E-state index in [4.69, 9.17) is 4.74 Å². The lowest BCUT2D eigenvalue weighted by Gasteiger charge is -2.32. The van der Waals surface area contributed by atoms with Crippen molar-refractivity contribution in [3.8, 4) is 0 Å². The van der Waals surface area contributed by atoms with E-state index in [0.29, 0.717) is 6.42 Å². The summed E-state index contributed by atoms with van der Waals surface area (Å²) in [5.41, 5.74) is 0. The van der Waals surface area contributed by atoms with Gasteiger partial charge in [0.1, 0.15) is 0 Å². The summed E-state index contributed by atoms with van der Waals surface area (Å²) >= 11 is 0. The van der Waals surface area contributed by atoms with Gasteiger partial charge in [0.05, 0.1) is 5.92 Å². The number of esters is 1. The molecule has 0 aromatic carbocycles. The van der Waals surface area contributed by atoms with Crippen LogP contribution in [0.4, 0.5) is 0 Å². The lowest BCUT2D eigenvalue weighted by molar-refractivity contribution is -0.174. The average molecular weight is 140 g/mol. The van der Waals surface area contributed by atoms with Crippen molar-refractivity contribution in [1.29, 1.82) is 0 Å². The first-order valence-electron chi connectivity index (χ1n) is 3.50. The molecule has 2 bridgehead atoms. The normalized spacial score (nSPS) is 38.0. The zero-order valence-corrected chi connectivity index (χ0v) is 5.50. The Balaban J connectivity index is 2.23. The standard InChI is InChI=1S/C7H8O3/c8-5-3-4-1-2-6(5)10-7(4)9/h4,6H,1-3H2. The molecule has 3 heteroatoms. The molecular formula is C7H8O3. The van der Waals surface area contributed by atoms with Crippen LogP contribution in [0.3, 0.4) is 0 Å². The first kappa shape index (κ1) is 5.89. The molecule has 3 aliphatic rings. The fraction of sp³-hybridized carbons (Fsp3) is 0.714. The summed E-state index contributed by atoms with van der Waals surface area (Å²) in [6, 6.07) is 0. The van der Waals surface area contributed by atoms with Crippen molar-refractivity contribution < 1.29 is 14.3 Å². The van der Waals surface area contributed by atoms with E-state index in [1.54, 1.807) is 0 Å². The highest BCUT2D eigenvalue weighted by Gasteiger charge is 2.41. The summed E-state index contributed by atoms with van der Waals surface area (Å²) in [5.74, 6) is -0.177. The molecule has 3 nitrogen and oxygen atoms in total. The second-order valence-corrected chi connectivity index (χ2v) is 2.87. The highest BCUT2D eigenvalue weighted by atomic mass is 16.6. The van der Waals surface area contributed by atoms with Gasteiger partial charge >= 0.3 is 5.97 Å². The molecule has 3 fully saturated rings. The van der Waals surface area contributed by atoms with E-state index in [2.05, 4.69) is 0 Å². The van der Waals surface area contributed by atoms with Gasteiger partial charge in [-0.3, -0.25) is 9.59 Å². The number of hydrogen-bond donors (Lipinski definition) is 0. The van der Waals surface area contributed by atoms with E-state index in [-0.39, 0.29) is 17.7 Å². The van der Waals surface area contributed by atoms with Gasteiger partial charge in [-0.05, 0) is 12.8 Å². The van der Waals surface area contributed by atoms with Gasteiger partial charge in [-0.1, -0.05) is 0 Å². The number of ketones is 1. The van der Waals surface area contributed by atoms with Crippen LogP contribution in [0.1, 0.15) is 19.3 Å². The summed E-state index contributed by atoms with van der Waals surface area (Å²) in [6.45, 7) is 0. The molecule has 0 aromatic heterocycles. The number of ether oxygens (including phenoxy) is 1. The van der Waals surface area contributed by atoms with Crippen molar-refractivity contribution in [2.24, 2.45) is 5.92 Å². The van der Waals surface area contributed by atoms with Crippen molar-refractivity contribution in [3.05, 3.63) is 0 Å². The van der Waals surface area contributed by atoms with Gasteiger partial charge < -0.3 is 4.74 Å². The zero-order chi connectivity index (χ0) is 7.14. The first-order chi connectivity index (χ1) is 4.77. The van der Waals surface area contributed by atoms with Crippen LogP contribution in [0.25, 0.3) is 0 Å². The predicted octanol–water partition coefficient (Wildman–Crippen LogP) is 0.281. The fourth-order valence-electron chi connectivity index (χ4n) is 1.55. The molecule has 2 aliphatic heterocycles. The quantitative estimate of drug-likeness (QED) is 0.454. The fourth-order valence-corrected chi connectivity index (χ4v) is 1.55.